The molecule has 1 amide bonds. The van der Waals surface area contributed by atoms with Gasteiger partial charge in [0.05, 0.1) is 30.7 Å². The van der Waals surface area contributed by atoms with Gasteiger partial charge in [0.2, 0.25) is 0 Å². The molecule has 1 N–H and O–H groups in total. The van der Waals surface area contributed by atoms with Crippen LogP contribution in [0.15, 0.2) is 22.8 Å². The Morgan fingerprint density at radius 1 is 1.18 bits per heavy atom. The van der Waals surface area contributed by atoms with Crippen molar-refractivity contribution in [3.63, 3.8) is 0 Å². The quantitative estimate of drug-likeness (QED) is 0.623. The Balaban J connectivity index is 1.67. The van der Waals surface area contributed by atoms with Crippen molar-refractivity contribution in [1.82, 2.24) is 14.8 Å². The van der Waals surface area contributed by atoms with Crippen molar-refractivity contribution in [3.05, 3.63) is 46.7 Å². The number of methoxy groups -OCH3 is 1. The number of carbonyl (C=O) groups excluding carboxylic acids is 3. The number of nitrogens with one attached hydrogen (secondary N) is 1. The van der Waals surface area contributed by atoms with Crippen molar-refractivity contribution in [2.24, 2.45) is 0 Å². The molecule has 0 bridgehead atoms. The van der Waals surface area contributed by atoms with E-state index in [1.54, 1.807) is 30.9 Å². The maximum atomic E-state index is 13.0. The molecule has 1 saturated heterocycles. The second kappa shape index (κ2) is 8.02. The van der Waals surface area contributed by atoms with Gasteiger partial charge in [0.15, 0.2) is 11.5 Å². The molecule has 150 valence electrons. The van der Waals surface area contributed by atoms with Crippen LogP contribution in [-0.4, -0.2) is 71.8 Å². The predicted octanol–water partition coefficient (Wildman–Crippen LogP) is 2.04. The third-order valence-corrected chi connectivity index (χ3v) is 5.33. The van der Waals surface area contributed by atoms with Gasteiger partial charge < -0.3 is 19.0 Å². The maximum absolute atomic E-state index is 13.0. The van der Waals surface area contributed by atoms with Crippen LogP contribution in [0.25, 0.3) is 0 Å². The number of carbonyl (C=O) groups is 3. The second-order valence-corrected chi connectivity index (χ2v) is 6.96. The summed E-state index contributed by atoms with van der Waals surface area (Å²) >= 11 is 0. The Bertz CT molecular complexity index is 876. The van der Waals surface area contributed by atoms with Gasteiger partial charge in [0.25, 0.3) is 5.91 Å². The van der Waals surface area contributed by atoms with E-state index in [2.05, 4.69) is 4.98 Å². The third kappa shape index (κ3) is 3.60. The lowest BCUT2D eigenvalue weighted by Gasteiger charge is -2.37. The summed E-state index contributed by atoms with van der Waals surface area (Å²) in [6, 6.07) is 2.96. The summed E-state index contributed by atoms with van der Waals surface area (Å²) in [5.74, 6) is -0.350. The van der Waals surface area contributed by atoms with Crippen LogP contribution < -0.4 is 0 Å². The molecule has 3 heterocycles. The largest absolute Gasteiger partial charge is 0.465 e. The first-order chi connectivity index (χ1) is 13.3. The van der Waals surface area contributed by atoms with Crippen molar-refractivity contribution < 1.29 is 23.5 Å². The molecule has 0 aliphatic carbocycles. The van der Waals surface area contributed by atoms with Crippen LogP contribution in [-0.2, 0) is 4.74 Å². The number of hydrogen-bond acceptors (Lipinski definition) is 6. The highest BCUT2D eigenvalue weighted by molar-refractivity contribution is 6.03. The molecule has 8 nitrogen and oxygen atoms in total. The molecule has 0 saturated carbocycles. The van der Waals surface area contributed by atoms with Gasteiger partial charge in [-0.05, 0) is 38.5 Å². The number of rotatable bonds is 5. The van der Waals surface area contributed by atoms with Gasteiger partial charge in [-0.3, -0.25) is 14.5 Å². The smallest absolute Gasteiger partial charge is 0.339 e. The molecule has 1 aliphatic rings. The second-order valence-electron chi connectivity index (χ2n) is 6.96. The minimum absolute atomic E-state index is 0.0819. The number of furan rings is 1. The number of amides is 1. The maximum Gasteiger partial charge on any atom is 0.339 e. The SMILES string of the molecule is COC(=O)c1c(C)[nH]c(C(=O)[C@@H](C)N2CCN(C(=O)c3ccco3)CC2)c1C. The highest BCUT2D eigenvalue weighted by atomic mass is 16.5. The molecular formula is C20H25N3O5. The Morgan fingerprint density at radius 3 is 2.43 bits per heavy atom. The summed E-state index contributed by atoms with van der Waals surface area (Å²) in [6.07, 6.45) is 1.48. The Hall–Kier alpha value is -2.87. The highest BCUT2D eigenvalue weighted by Crippen LogP contribution is 2.22. The molecule has 0 spiro atoms. The third-order valence-electron chi connectivity index (χ3n) is 5.33. The molecule has 1 atom stereocenters. The average Bonchev–Trinajstić information content (AvgIpc) is 3.34. The summed E-state index contributed by atoms with van der Waals surface area (Å²) in [6.45, 7) is 7.56. The summed E-state index contributed by atoms with van der Waals surface area (Å²) in [7, 11) is 1.32. The van der Waals surface area contributed by atoms with Crippen LogP contribution in [0.3, 0.4) is 0 Å². The molecule has 1 fully saturated rings. The van der Waals surface area contributed by atoms with Crippen LogP contribution in [0.1, 0.15) is 49.6 Å². The van der Waals surface area contributed by atoms with E-state index in [1.165, 1.54) is 13.4 Å². The van der Waals surface area contributed by atoms with Gasteiger partial charge in [-0.1, -0.05) is 0 Å². The molecule has 2 aromatic heterocycles. The van der Waals surface area contributed by atoms with E-state index in [-0.39, 0.29) is 17.7 Å². The molecule has 3 rings (SSSR count). The summed E-state index contributed by atoms with van der Waals surface area (Å²) in [5.41, 5.74) is 2.06. The fourth-order valence-electron chi connectivity index (χ4n) is 3.65. The number of aromatic nitrogens is 1. The molecule has 8 heteroatoms. The van der Waals surface area contributed by atoms with Crippen LogP contribution >= 0.6 is 0 Å². The van der Waals surface area contributed by atoms with E-state index in [1.807, 2.05) is 11.8 Å². The van der Waals surface area contributed by atoms with Crippen LogP contribution in [0.4, 0.5) is 0 Å². The minimum Gasteiger partial charge on any atom is -0.465 e. The summed E-state index contributed by atoms with van der Waals surface area (Å²) < 4.78 is 9.98. The number of Topliss-reactive ketones (excluding diaryl/α,β-unsaturated/α-hetero) is 1. The lowest BCUT2D eigenvalue weighted by molar-refractivity contribution is 0.0526. The van der Waals surface area contributed by atoms with Crippen molar-refractivity contribution in [3.8, 4) is 0 Å². The van der Waals surface area contributed by atoms with Gasteiger partial charge in [-0.25, -0.2) is 4.79 Å². The minimum atomic E-state index is -0.456. The number of aromatic amines is 1. The Labute approximate surface area is 163 Å². The zero-order chi connectivity index (χ0) is 20.4. The normalized spacial score (nSPS) is 16.1. The number of nitrogens with zero attached hydrogens (tertiary/aromatic N) is 2. The zero-order valence-corrected chi connectivity index (χ0v) is 16.6. The Morgan fingerprint density at radius 2 is 1.86 bits per heavy atom. The number of aryl methyl sites for hydroxylation is 1. The van der Waals surface area contributed by atoms with E-state index >= 15 is 0 Å². The molecule has 28 heavy (non-hydrogen) atoms. The monoisotopic (exact) mass is 387 g/mol. The number of esters is 1. The average molecular weight is 387 g/mol. The topological polar surface area (TPSA) is 95.9 Å². The fourth-order valence-corrected chi connectivity index (χ4v) is 3.65. The number of H-pyrrole nitrogens is 1. The van der Waals surface area contributed by atoms with Gasteiger partial charge >= 0.3 is 5.97 Å². The van der Waals surface area contributed by atoms with E-state index in [0.29, 0.717) is 54.5 Å². The first-order valence-corrected chi connectivity index (χ1v) is 9.23. The number of piperazine rings is 1. The Kier molecular flexibility index (Phi) is 5.69. The van der Waals surface area contributed by atoms with Crippen LogP contribution in [0.5, 0.6) is 0 Å². The number of hydrogen-bond donors (Lipinski definition) is 1. The van der Waals surface area contributed by atoms with Crippen LogP contribution in [0.2, 0.25) is 0 Å². The summed E-state index contributed by atoms with van der Waals surface area (Å²) in [4.78, 5) is 44.2. The number of ketones is 1. The lowest BCUT2D eigenvalue weighted by Crippen LogP contribution is -2.53. The van der Waals surface area contributed by atoms with Crippen molar-refractivity contribution in [2.75, 3.05) is 33.3 Å². The molecule has 2 aromatic rings. The molecule has 1 aliphatic heterocycles. The lowest BCUT2D eigenvalue weighted by atomic mass is 10.0. The van der Waals surface area contributed by atoms with E-state index in [0.717, 1.165) is 0 Å². The van der Waals surface area contributed by atoms with Gasteiger partial charge in [-0.2, -0.15) is 0 Å². The first-order valence-electron chi connectivity index (χ1n) is 9.23. The first kappa shape index (κ1) is 19.9. The number of ether oxygens (including phenoxy) is 1. The van der Waals surface area contributed by atoms with Gasteiger partial charge in [-0.15, -0.1) is 0 Å². The van der Waals surface area contributed by atoms with E-state index in [9.17, 15) is 14.4 Å². The molecular weight excluding hydrogens is 362 g/mol. The van der Waals surface area contributed by atoms with Gasteiger partial charge in [0.1, 0.15) is 0 Å². The van der Waals surface area contributed by atoms with Crippen molar-refractivity contribution >= 4 is 17.7 Å². The van der Waals surface area contributed by atoms with Crippen molar-refractivity contribution in [2.45, 2.75) is 26.8 Å². The zero-order valence-electron chi connectivity index (χ0n) is 16.6. The molecule has 0 unspecified atom stereocenters. The fraction of sp³-hybridized carbons (Fsp3) is 0.450. The van der Waals surface area contributed by atoms with Gasteiger partial charge in [0, 0.05) is 31.9 Å². The summed E-state index contributed by atoms with van der Waals surface area (Å²) in [5, 5.41) is 0. The standard InChI is InChI=1S/C20H25N3O5/c1-12-16(20(26)27-4)13(2)21-17(12)18(24)14(3)22-7-9-23(10-8-22)19(25)15-6-5-11-28-15/h5-6,11,14,21H,7-10H2,1-4H3/t14-/m1/s1. The predicted molar refractivity (Wildman–Crippen MR) is 102 cm³/mol. The highest BCUT2D eigenvalue weighted by Gasteiger charge is 2.31. The van der Waals surface area contributed by atoms with Crippen LogP contribution in [0, 0.1) is 13.8 Å². The molecule has 0 aromatic carbocycles. The van der Waals surface area contributed by atoms with E-state index < -0.39 is 5.97 Å². The molecule has 0 radical (unpaired) electrons. The van der Waals surface area contributed by atoms with Crippen molar-refractivity contribution in [1.29, 1.82) is 0 Å². The van der Waals surface area contributed by atoms with E-state index in [4.69, 9.17) is 9.15 Å².